The fraction of sp³-hybridized carbons (Fsp3) is 0.471. The second-order valence-electron chi connectivity index (χ2n) is 5.94. The van der Waals surface area contributed by atoms with Crippen molar-refractivity contribution >= 4 is 6.21 Å². The molecule has 21 heavy (non-hydrogen) atoms. The molecule has 1 aromatic carbocycles. The lowest BCUT2D eigenvalue weighted by Crippen LogP contribution is -2.40. The number of allylic oxidation sites excluding steroid dienone is 1. The van der Waals surface area contributed by atoms with Crippen molar-refractivity contribution in [2.24, 2.45) is 5.10 Å². The molecule has 0 aromatic heterocycles. The van der Waals surface area contributed by atoms with Crippen LogP contribution >= 0.6 is 0 Å². The molecule has 0 saturated carbocycles. The molecule has 2 N–H and O–H groups in total. The second-order valence-corrected chi connectivity index (χ2v) is 5.94. The summed E-state index contributed by atoms with van der Waals surface area (Å²) in [6.45, 7) is 6.32. The van der Waals surface area contributed by atoms with E-state index in [1.807, 2.05) is 6.21 Å². The lowest BCUT2D eigenvalue weighted by atomic mass is 10.1. The molecule has 2 heterocycles. The minimum atomic E-state index is 0.581. The van der Waals surface area contributed by atoms with Gasteiger partial charge in [0.25, 0.3) is 0 Å². The average Bonchev–Trinajstić information content (AvgIpc) is 2.93. The van der Waals surface area contributed by atoms with Crippen molar-refractivity contribution < 1.29 is 4.59 Å². The van der Waals surface area contributed by atoms with Crippen LogP contribution in [0.3, 0.4) is 0 Å². The van der Waals surface area contributed by atoms with Crippen molar-refractivity contribution in [3.8, 4) is 0 Å². The van der Waals surface area contributed by atoms with Crippen LogP contribution in [0.1, 0.15) is 25.3 Å². The molecule has 1 atom stereocenters. The lowest BCUT2D eigenvalue weighted by Gasteiger charge is -2.25. The van der Waals surface area contributed by atoms with Crippen molar-refractivity contribution in [2.75, 3.05) is 19.6 Å². The number of nitrogens with zero attached hydrogens (tertiary/aromatic N) is 2. The van der Waals surface area contributed by atoms with Gasteiger partial charge in [0.15, 0.2) is 0 Å². The zero-order valence-electron chi connectivity index (χ0n) is 12.8. The molecule has 1 fully saturated rings. The van der Waals surface area contributed by atoms with Gasteiger partial charge in [0, 0.05) is 11.6 Å². The van der Waals surface area contributed by atoms with Crippen LogP contribution in [-0.2, 0) is 6.54 Å². The monoisotopic (exact) mass is 285 g/mol. The van der Waals surface area contributed by atoms with Crippen LogP contribution in [0.4, 0.5) is 0 Å². The third-order valence-corrected chi connectivity index (χ3v) is 4.36. The van der Waals surface area contributed by atoms with Gasteiger partial charge in [0.2, 0.25) is 0 Å². The van der Waals surface area contributed by atoms with E-state index in [0.717, 1.165) is 26.2 Å². The van der Waals surface area contributed by atoms with Gasteiger partial charge in [-0.2, -0.15) is 4.59 Å². The number of hydrogen-bond donors (Lipinski definition) is 2. The molecule has 0 amide bonds. The van der Waals surface area contributed by atoms with Gasteiger partial charge >= 0.3 is 0 Å². The molecule has 1 saturated heterocycles. The van der Waals surface area contributed by atoms with Crippen LogP contribution < -0.4 is 10.6 Å². The Morgan fingerprint density at radius 3 is 2.71 bits per heavy atom. The topological polar surface area (TPSA) is 36.4 Å². The molecule has 2 aliphatic heterocycles. The number of piperidine rings is 1. The molecule has 0 aliphatic carbocycles. The van der Waals surface area contributed by atoms with Crippen molar-refractivity contribution in [1.29, 1.82) is 0 Å². The molecule has 3 rings (SSSR count). The van der Waals surface area contributed by atoms with Crippen LogP contribution in [0.25, 0.3) is 0 Å². The summed E-state index contributed by atoms with van der Waals surface area (Å²) in [5, 5.41) is 11.8. The summed E-state index contributed by atoms with van der Waals surface area (Å²) in [6.07, 6.45) is 6.66. The molecule has 1 unspecified atom stereocenters. The van der Waals surface area contributed by atoms with E-state index in [1.54, 1.807) is 0 Å². The van der Waals surface area contributed by atoms with E-state index in [2.05, 4.69) is 54.1 Å². The van der Waals surface area contributed by atoms with E-state index >= 15 is 0 Å². The van der Waals surface area contributed by atoms with Crippen molar-refractivity contribution in [2.45, 2.75) is 32.4 Å². The predicted molar refractivity (Wildman–Crippen MR) is 86.5 cm³/mol. The summed E-state index contributed by atoms with van der Waals surface area (Å²) in [7, 11) is 0. The predicted octanol–water partition coefficient (Wildman–Crippen LogP) is 2.21. The lowest BCUT2D eigenvalue weighted by molar-refractivity contribution is -0.895. The summed E-state index contributed by atoms with van der Waals surface area (Å²) in [4.78, 5) is 0. The molecule has 112 valence electrons. The first kappa shape index (κ1) is 14.3. The fourth-order valence-electron chi connectivity index (χ4n) is 3.05. The van der Waals surface area contributed by atoms with Crippen molar-refractivity contribution in [3.63, 3.8) is 0 Å². The van der Waals surface area contributed by atoms with Gasteiger partial charge in [-0.05, 0) is 32.9 Å². The van der Waals surface area contributed by atoms with Gasteiger partial charge in [-0.1, -0.05) is 35.4 Å². The highest BCUT2D eigenvalue weighted by molar-refractivity contribution is 5.78. The van der Waals surface area contributed by atoms with E-state index in [4.69, 9.17) is 5.10 Å². The molecule has 4 nitrogen and oxygen atoms in total. The third-order valence-electron chi connectivity index (χ3n) is 4.36. The summed E-state index contributed by atoms with van der Waals surface area (Å²) in [5.41, 5.74) is 2.51. The normalized spacial score (nSPS) is 25.9. The Bertz CT molecular complexity index is 517. The summed E-state index contributed by atoms with van der Waals surface area (Å²) in [6, 6.07) is 11.2. The first-order valence-corrected chi connectivity index (χ1v) is 7.96. The highest BCUT2D eigenvalue weighted by Crippen LogP contribution is 2.22. The largest absolute Gasteiger partial charge is 0.376 e. The second kappa shape index (κ2) is 6.41. The molecule has 0 radical (unpaired) electrons. The summed E-state index contributed by atoms with van der Waals surface area (Å²) in [5.74, 6) is 0. The first-order valence-electron chi connectivity index (χ1n) is 7.96. The Morgan fingerprint density at radius 2 is 2.00 bits per heavy atom. The van der Waals surface area contributed by atoms with E-state index in [0.29, 0.717) is 10.6 Å². The van der Waals surface area contributed by atoms with Crippen molar-refractivity contribution in [3.05, 3.63) is 47.8 Å². The number of nitrogens with one attached hydrogen (secondary N) is 2. The molecular formula is C17H25N4+. The van der Waals surface area contributed by atoms with E-state index in [1.165, 1.54) is 24.1 Å². The van der Waals surface area contributed by atoms with E-state index in [-0.39, 0.29) is 0 Å². The van der Waals surface area contributed by atoms with Gasteiger partial charge < -0.3 is 10.6 Å². The minimum Gasteiger partial charge on any atom is -0.376 e. The Balaban J connectivity index is 1.68. The Hall–Kier alpha value is -1.65. The van der Waals surface area contributed by atoms with E-state index in [9.17, 15) is 0 Å². The standard InChI is InChI=1S/C17H25N4/c1-2-21(13-15-6-4-3-5-7-15)14-17(12-19-21)20-16-8-10-18-11-9-16/h3-7,12,14,16,18,20H,2,8-11,13H2,1H3/q+1. The zero-order valence-corrected chi connectivity index (χ0v) is 12.8. The van der Waals surface area contributed by atoms with Gasteiger partial charge in [-0.3, -0.25) is 0 Å². The average molecular weight is 285 g/mol. The minimum absolute atomic E-state index is 0.581. The maximum atomic E-state index is 4.77. The first-order chi connectivity index (χ1) is 10.3. The van der Waals surface area contributed by atoms with Crippen LogP contribution in [0, 0.1) is 0 Å². The van der Waals surface area contributed by atoms with Crippen LogP contribution in [0.5, 0.6) is 0 Å². The zero-order chi connectivity index (χ0) is 14.5. The molecule has 4 heteroatoms. The van der Waals surface area contributed by atoms with Crippen LogP contribution in [0.15, 0.2) is 47.3 Å². The number of hydrogen-bond acceptors (Lipinski definition) is 3. The van der Waals surface area contributed by atoms with Gasteiger partial charge in [-0.15, -0.1) is 0 Å². The quantitative estimate of drug-likeness (QED) is 0.814. The number of rotatable bonds is 5. The van der Waals surface area contributed by atoms with Gasteiger partial charge in [-0.25, -0.2) is 0 Å². The highest BCUT2D eigenvalue weighted by atomic mass is 15.6. The van der Waals surface area contributed by atoms with Crippen LogP contribution in [0.2, 0.25) is 0 Å². The molecular weight excluding hydrogens is 260 g/mol. The molecule has 0 bridgehead atoms. The Labute approximate surface area is 127 Å². The van der Waals surface area contributed by atoms with Crippen molar-refractivity contribution in [1.82, 2.24) is 10.6 Å². The molecule has 2 aliphatic rings. The SMILES string of the molecule is CC[N+]1(Cc2ccccc2)C=C(NC2CCNCC2)C=N1. The summed E-state index contributed by atoms with van der Waals surface area (Å²) >= 11 is 0. The van der Waals surface area contributed by atoms with Crippen LogP contribution in [-0.4, -0.2) is 36.5 Å². The van der Waals surface area contributed by atoms with Gasteiger partial charge in [0.05, 0.1) is 0 Å². The number of benzene rings is 1. The maximum absolute atomic E-state index is 4.77. The molecule has 0 spiro atoms. The smallest absolute Gasteiger partial charge is 0.148 e. The Kier molecular flexibility index (Phi) is 4.36. The number of quaternary nitrogens is 1. The third kappa shape index (κ3) is 3.52. The van der Waals surface area contributed by atoms with E-state index < -0.39 is 0 Å². The summed E-state index contributed by atoms with van der Waals surface area (Å²) < 4.78 is 0.664. The highest BCUT2D eigenvalue weighted by Gasteiger charge is 2.29. The molecule has 1 aromatic rings. The fourth-order valence-corrected chi connectivity index (χ4v) is 3.05. The van der Waals surface area contributed by atoms with Gasteiger partial charge in [0.1, 0.15) is 31.2 Å². The maximum Gasteiger partial charge on any atom is 0.148 e. The Morgan fingerprint density at radius 1 is 1.24 bits per heavy atom.